The number of hydrogen-bond acceptors (Lipinski definition) is 2. The molecule has 0 radical (unpaired) electrons. The summed E-state index contributed by atoms with van der Waals surface area (Å²) in [6.07, 6.45) is 7.94. The van der Waals surface area contributed by atoms with Gasteiger partial charge >= 0.3 is 0 Å². The quantitative estimate of drug-likeness (QED) is 0.681. The summed E-state index contributed by atoms with van der Waals surface area (Å²) >= 11 is 0. The summed E-state index contributed by atoms with van der Waals surface area (Å²) in [6.45, 7) is 5.60. The molecular formula is C14H28N2. The molecule has 5 atom stereocenters. The van der Waals surface area contributed by atoms with E-state index in [9.17, 15) is 0 Å². The molecule has 0 aromatic heterocycles. The maximum absolute atomic E-state index is 6.21. The number of rotatable bonds is 6. The molecule has 94 valence electrons. The van der Waals surface area contributed by atoms with Gasteiger partial charge in [0, 0.05) is 6.04 Å². The van der Waals surface area contributed by atoms with E-state index in [2.05, 4.69) is 13.8 Å². The smallest absolute Gasteiger partial charge is 0.00777 e. The molecule has 2 fully saturated rings. The predicted octanol–water partition coefficient (Wildman–Crippen LogP) is 2.51. The number of nitrogens with two attached hydrogens (primary N) is 2. The van der Waals surface area contributed by atoms with E-state index >= 15 is 0 Å². The van der Waals surface area contributed by atoms with E-state index in [1.165, 1.54) is 38.5 Å². The summed E-state index contributed by atoms with van der Waals surface area (Å²) in [7, 11) is 0. The fourth-order valence-electron chi connectivity index (χ4n) is 4.34. The van der Waals surface area contributed by atoms with Crippen molar-refractivity contribution in [2.75, 3.05) is 6.54 Å². The highest BCUT2D eigenvalue weighted by Gasteiger charge is 2.61. The molecule has 0 heterocycles. The first-order chi connectivity index (χ1) is 7.65. The minimum Gasteiger partial charge on any atom is -0.330 e. The highest BCUT2D eigenvalue weighted by molar-refractivity contribution is 5.12. The van der Waals surface area contributed by atoms with E-state index in [-0.39, 0.29) is 0 Å². The van der Waals surface area contributed by atoms with Crippen molar-refractivity contribution in [3.05, 3.63) is 0 Å². The van der Waals surface area contributed by atoms with Gasteiger partial charge in [-0.2, -0.15) is 0 Å². The van der Waals surface area contributed by atoms with Gasteiger partial charge in [0.2, 0.25) is 0 Å². The lowest BCUT2D eigenvalue weighted by Gasteiger charge is -2.47. The molecule has 16 heavy (non-hydrogen) atoms. The van der Waals surface area contributed by atoms with E-state index < -0.39 is 0 Å². The fraction of sp³-hybridized carbons (Fsp3) is 1.00. The molecule has 2 rings (SSSR count). The minimum atomic E-state index is 0.495. The van der Waals surface area contributed by atoms with Crippen LogP contribution < -0.4 is 11.5 Å². The summed E-state index contributed by atoms with van der Waals surface area (Å²) in [5.74, 6) is 2.65. The Morgan fingerprint density at radius 1 is 1.31 bits per heavy atom. The zero-order valence-electron chi connectivity index (χ0n) is 10.9. The Morgan fingerprint density at radius 3 is 2.56 bits per heavy atom. The Kier molecular flexibility index (Phi) is 3.60. The van der Waals surface area contributed by atoms with Crippen LogP contribution in [0.3, 0.4) is 0 Å². The average molecular weight is 224 g/mol. The van der Waals surface area contributed by atoms with E-state index in [1.807, 2.05) is 0 Å². The fourth-order valence-corrected chi connectivity index (χ4v) is 4.34. The van der Waals surface area contributed by atoms with Gasteiger partial charge in [0.15, 0.2) is 0 Å². The maximum atomic E-state index is 6.21. The second-order valence-electron chi connectivity index (χ2n) is 6.17. The Balaban J connectivity index is 1.86. The van der Waals surface area contributed by atoms with Gasteiger partial charge in [-0.3, -0.25) is 0 Å². The van der Waals surface area contributed by atoms with Gasteiger partial charge in [-0.1, -0.05) is 20.3 Å². The molecule has 0 saturated heterocycles. The van der Waals surface area contributed by atoms with Crippen molar-refractivity contribution in [2.24, 2.45) is 34.6 Å². The van der Waals surface area contributed by atoms with Crippen LogP contribution in [0.1, 0.15) is 52.4 Å². The van der Waals surface area contributed by atoms with Gasteiger partial charge in [-0.15, -0.1) is 0 Å². The molecule has 3 unspecified atom stereocenters. The van der Waals surface area contributed by atoms with Crippen molar-refractivity contribution >= 4 is 0 Å². The molecule has 0 aromatic carbocycles. The Morgan fingerprint density at radius 2 is 2.06 bits per heavy atom. The minimum absolute atomic E-state index is 0.495. The highest BCUT2D eigenvalue weighted by atomic mass is 14.8. The normalized spacial score (nSPS) is 46.5. The second-order valence-corrected chi connectivity index (χ2v) is 6.17. The van der Waals surface area contributed by atoms with Gasteiger partial charge in [-0.25, -0.2) is 0 Å². The van der Waals surface area contributed by atoms with Crippen LogP contribution >= 0.6 is 0 Å². The molecule has 0 aromatic rings. The third kappa shape index (κ3) is 1.91. The van der Waals surface area contributed by atoms with E-state index in [1.54, 1.807) is 0 Å². The van der Waals surface area contributed by atoms with Crippen molar-refractivity contribution in [3.8, 4) is 0 Å². The molecular weight excluding hydrogens is 196 g/mol. The Hall–Kier alpha value is -0.0800. The van der Waals surface area contributed by atoms with E-state index in [0.717, 1.165) is 24.3 Å². The largest absolute Gasteiger partial charge is 0.330 e. The Labute approximate surface area is 100 Å². The Bertz CT molecular complexity index is 233. The summed E-state index contributed by atoms with van der Waals surface area (Å²) in [5, 5.41) is 0. The van der Waals surface area contributed by atoms with Crippen molar-refractivity contribution < 1.29 is 0 Å². The molecule has 0 bridgehead atoms. The molecule has 4 N–H and O–H groups in total. The number of unbranched alkanes of at least 4 members (excludes halogenated alkanes) is 1. The van der Waals surface area contributed by atoms with Crippen LogP contribution in [0.5, 0.6) is 0 Å². The second kappa shape index (κ2) is 4.66. The lowest BCUT2D eigenvalue weighted by atomic mass is 9.61. The van der Waals surface area contributed by atoms with Crippen LogP contribution in [0.25, 0.3) is 0 Å². The van der Waals surface area contributed by atoms with Gasteiger partial charge in [0.1, 0.15) is 0 Å². The van der Waals surface area contributed by atoms with Crippen LogP contribution in [0.4, 0.5) is 0 Å². The monoisotopic (exact) mass is 224 g/mol. The van der Waals surface area contributed by atoms with Gasteiger partial charge < -0.3 is 11.5 Å². The van der Waals surface area contributed by atoms with Crippen molar-refractivity contribution in [1.82, 2.24) is 0 Å². The predicted molar refractivity (Wildman–Crippen MR) is 69.0 cm³/mol. The summed E-state index contributed by atoms with van der Waals surface area (Å²) in [5.41, 5.74) is 12.4. The zero-order valence-corrected chi connectivity index (χ0v) is 10.9. The maximum Gasteiger partial charge on any atom is 0.00777 e. The average Bonchev–Trinajstić information content (AvgIpc) is 2.93. The van der Waals surface area contributed by atoms with E-state index in [4.69, 9.17) is 11.5 Å². The highest BCUT2D eigenvalue weighted by Crippen LogP contribution is 2.67. The molecule has 2 nitrogen and oxygen atoms in total. The van der Waals surface area contributed by atoms with Crippen LogP contribution in [0, 0.1) is 23.2 Å². The molecule has 0 amide bonds. The SMILES string of the molecule is CCC1(C2C(C)C[C@H]2N)C[C@H]1CCCCN. The van der Waals surface area contributed by atoms with Crippen molar-refractivity contribution in [1.29, 1.82) is 0 Å². The van der Waals surface area contributed by atoms with Crippen LogP contribution in [-0.2, 0) is 0 Å². The molecule has 0 spiro atoms. The van der Waals surface area contributed by atoms with Gasteiger partial charge in [-0.05, 0) is 61.8 Å². The lowest BCUT2D eigenvalue weighted by molar-refractivity contribution is 0.0559. The van der Waals surface area contributed by atoms with E-state index in [0.29, 0.717) is 11.5 Å². The third-order valence-corrected chi connectivity index (χ3v) is 5.33. The molecule has 2 aliphatic carbocycles. The van der Waals surface area contributed by atoms with Crippen molar-refractivity contribution in [2.45, 2.75) is 58.4 Å². The topological polar surface area (TPSA) is 52.0 Å². The molecule has 2 saturated carbocycles. The van der Waals surface area contributed by atoms with Crippen LogP contribution in [0.15, 0.2) is 0 Å². The molecule has 2 aliphatic rings. The molecule has 2 heteroatoms. The van der Waals surface area contributed by atoms with Gasteiger partial charge in [0.25, 0.3) is 0 Å². The third-order valence-electron chi connectivity index (χ3n) is 5.33. The lowest BCUT2D eigenvalue weighted by Crippen LogP contribution is -2.51. The summed E-state index contributed by atoms with van der Waals surface area (Å²) < 4.78 is 0. The number of hydrogen-bond donors (Lipinski definition) is 2. The standard InChI is InChI=1S/C14H28N2/c1-3-14(13-10(2)8-12(13)16)9-11(14)6-4-5-7-15/h10-13H,3-9,15-16H2,1-2H3/t10?,11-,12-,13?,14?/m1/s1. The first kappa shape index (κ1) is 12.4. The van der Waals surface area contributed by atoms with Gasteiger partial charge in [0.05, 0.1) is 0 Å². The molecule has 0 aliphatic heterocycles. The summed E-state index contributed by atoms with van der Waals surface area (Å²) in [6, 6.07) is 0.495. The zero-order chi connectivity index (χ0) is 11.8. The summed E-state index contributed by atoms with van der Waals surface area (Å²) in [4.78, 5) is 0. The van der Waals surface area contributed by atoms with Crippen LogP contribution in [-0.4, -0.2) is 12.6 Å². The first-order valence-corrected chi connectivity index (χ1v) is 7.11. The van der Waals surface area contributed by atoms with Crippen molar-refractivity contribution in [3.63, 3.8) is 0 Å². The first-order valence-electron chi connectivity index (χ1n) is 7.11. The van der Waals surface area contributed by atoms with Crippen LogP contribution in [0.2, 0.25) is 0 Å².